The highest BCUT2D eigenvalue weighted by Crippen LogP contribution is 2.16. The van der Waals surface area contributed by atoms with Gasteiger partial charge in [0.2, 0.25) is 0 Å². The number of fused-ring (bicyclic) bond motifs is 1. The molecule has 0 spiro atoms. The van der Waals surface area contributed by atoms with Crippen molar-refractivity contribution in [3.8, 4) is 0 Å². The summed E-state index contributed by atoms with van der Waals surface area (Å²) in [5.41, 5.74) is 2.12. The van der Waals surface area contributed by atoms with Gasteiger partial charge in [-0.1, -0.05) is 12.1 Å². The first-order valence-electron chi connectivity index (χ1n) is 7.08. The molecule has 0 aliphatic heterocycles. The highest BCUT2D eigenvalue weighted by Gasteiger charge is 2.13. The molecule has 5 heteroatoms. The van der Waals surface area contributed by atoms with E-state index in [1.165, 1.54) is 0 Å². The van der Waals surface area contributed by atoms with Gasteiger partial charge in [0.1, 0.15) is 5.82 Å². The molecule has 0 saturated carbocycles. The number of ether oxygens (including phenoxy) is 1. The molecular weight excluding hydrogens is 254 g/mol. The molecule has 0 amide bonds. The van der Waals surface area contributed by atoms with E-state index >= 15 is 0 Å². The van der Waals surface area contributed by atoms with Crippen LogP contribution in [0.5, 0.6) is 0 Å². The summed E-state index contributed by atoms with van der Waals surface area (Å²) >= 11 is 0. The van der Waals surface area contributed by atoms with Crippen LogP contribution in [0.1, 0.15) is 12.7 Å². The Bertz CT molecular complexity index is 539. The van der Waals surface area contributed by atoms with Gasteiger partial charge in [-0.15, -0.1) is 0 Å². The molecule has 0 fully saturated rings. The van der Waals surface area contributed by atoms with Gasteiger partial charge in [-0.05, 0) is 19.1 Å². The number of aliphatic hydroxyl groups is 1. The molecule has 2 N–H and O–H groups in total. The summed E-state index contributed by atoms with van der Waals surface area (Å²) in [5, 5.41) is 13.3. The monoisotopic (exact) mass is 277 g/mol. The van der Waals surface area contributed by atoms with Crippen molar-refractivity contribution in [2.45, 2.75) is 26.0 Å². The Morgan fingerprint density at radius 3 is 2.95 bits per heavy atom. The van der Waals surface area contributed by atoms with Gasteiger partial charge in [0.25, 0.3) is 0 Å². The predicted molar refractivity (Wildman–Crippen MR) is 79.9 cm³/mol. The minimum absolute atomic E-state index is 0.436. The second-order valence-electron chi connectivity index (χ2n) is 4.82. The summed E-state index contributed by atoms with van der Waals surface area (Å²) in [6, 6.07) is 8.08. The topological polar surface area (TPSA) is 59.3 Å². The highest BCUT2D eigenvalue weighted by atomic mass is 16.5. The highest BCUT2D eigenvalue weighted by molar-refractivity contribution is 5.75. The van der Waals surface area contributed by atoms with Crippen LogP contribution in [0.15, 0.2) is 24.3 Å². The number of aliphatic hydroxyl groups excluding tert-OH is 1. The van der Waals surface area contributed by atoms with Crippen LogP contribution in [0.4, 0.5) is 0 Å². The molecule has 2 rings (SSSR count). The third-order valence-corrected chi connectivity index (χ3v) is 3.33. The first kappa shape index (κ1) is 15.0. The number of para-hydroxylation sites is 2. The molecule has 1 aromatic carbocycles. The number of nitrogens with zero attached hydrogens (tertiary/aromatic N) is 2. The number of aromatic nitrogens is 2. The third-order valence-electron chi connectivity index (χ3n) is 3.33. The van der Waals surface area contributed by atoms with E-state index in [-0.39, 0.29) is 0 Å². The summed E-state index contributed by atoms with van der Waals surface area (Å²) < 4.78 is 7.12. The first-order valence-corrected chi connectivity index (χ1v) is 7.08. The fraction of sp³-hybridized carbons (Fsp3) is 0.533. The smallest absolute Gasteiger partial charge is 0.112 e. The zero-order valence-electron chi connectivity index (χ0n) is 12.2. The minimum atomic E-state index is -0.436. The number of rotatable bonds is 8. The van der Waals surface area contributed by atoms with Crippen LogP contribution in [0.2, 0.25) is 0 Å². The molecule has 1 atom stereocenters. The number of benzene rings is 1. The number of nitrogens with one attached hydrogen (secondary N) is 1. The molecule has 1 heterocycles. The second kappa shape index (κ2) is 7.38. The Balaban J connectivity index is 2.01. The lowest BCUT2D eigenvalue weighted by atomic mass is 10.2. The maximum atomic E-state index is 10.1. The van der Waals surface area contributed by atoms with Crippen LogP contribution >= 0.6 is 0 Å². The van der Waals surface area contributed by atoms with E-state index in [9.17, 15) is 5.11 Å². The summed E-state index contributed by atoms with van der Waals surface area (Å²) in [6.45, 7) is 4.91. The quantitative estimate of drug-likeness (QED) is 0.712. The van der Waals surface area contributed by atoms with Gasteiger partial charge in [0.15, 0.2) is 0 Å². The number of hydrogen-bond acceptors (Lipinski definition) is 4. The molecule has 1 aromatic heterocycles. The predicted octanol–water partition coefficient (Wildman–Crippen LogP) is 1.20. The van der Waals surface area contributed by atoms with Crippen LogP contribution in [0, 0.1) is 0 Å². The van der Waals surface area contributed by atoms with E-state index in [1.807, 2.05) is 18.2 Å². The molecule has 0 aliphatic carbocycles. The van der Waals surface area contributed by atoms with Crippen molar-refractivity contribution in [1.29, 1.82) is 0 Å². The van der Waals surface area contributed by atoms with Crippen LogP contribution in [-0.4, -0.2) is 47.6 Å². The molecule has 20 heavy (non-hydrogen) atoms. The van der Waals surface area contributed by atoms with Gasteiger partial charge in [-0.3, -0.25) is 0 Å². The lowest BCUT2D eigenvalue weighted by Crippen LogP contribution is -2.31. The van der Waals surface area contributed by atoms with Crippen molar-refractivity contribution < 1.29 is 9.84 Å². The lowest BCUT2D eigenvalue weighted by Gasteiger charge is -2.12. The maximum absolute atomic E-state index is 10.1. The van der Waals surface area contributed by atoms with Gasteiger partial charge < -0.3 is 19.7 Å². The van der Waals surface area contributed by atoms with Crippen LogP contribution in [0.25, 0.3) is 11.0 Å². The maximum Gasteiger partial charge on any atom is 0.112 e. The van der Waals surface area contributed by atoms with Crippen molar-refractivity contribution >= 4 is 11.0 Å². The normalized spacial score (nSPS) is 12.9. The Morgan fingerprint density at radius 2 is 2.20 bits per heavy atom. The molecule has 0 saturated heterocycles. The molecule has 1 unspecified atom stereocenters. The Hall–Kier alpha value is -1.43. The molecule has 0 aliphatic rings. The largest absolute Gasteiger partial charge is 0.391 e. The van der Waals surface area contributed by atoms with Crippen molar-refractivity contribution in [1.82, 2.24) is 14.9 Å². The van der Waals surface area contributed by atoms with E-state index in [4.69, 9.17) is 4.74 Å². The van der Waals surface area contributed by atoms with Crippen LogP contribution in [-0.2, 0) is 17.7 Å². The molecule has 2 aromatic rings. The van der Waals surface area contributed by atoms with E-state index in [0.29, 0.717) is 19.6 Å². The lowest BCUT2D eigenvalue weighted by molar-refractivity contribution is 0.157. The minimum Gasteiger partial charge on any atom is -0.391 e. The summed E-state index contributed by atoms with van der Waals surface area (Å²) in [6.07, 6.45) is 0.122. The zero-order chi connectivity index (χ0) is 14.4. The van der Waals surface area contributed by atoms with Gasteiger partial charge in [-0.25, -0.2) is 4.98 Å². The van der Waals surface area contributed by atoms with Crippen molar-refractivity contribution in [3.63, 3.8) is 0 Å². The molecule has 0 bridgehead atoms. The zero-order valence-corrected chi connectivity index (χ0v) is 12.2. The Labute approximate surface area is 119 Å². The van der Waals surface area contributed by atoms with Crippen molar-refractivity contribution in [2.75, 3.05) is 26.8 Å². The summed E-state index contributed by atoms with van der Waals surface area (Å²) in [7, 11) is 1.67. The number of hydrogen-bond donors (Lipinski definition) is 2. The average molecular weight is 277 g/mol. The fourth-order valence-electron chi connectivity index (χ4n) is 2.36. The van der Waals surface area contributed by atoms with Gasteiger partial charge in [0.05, 0.1) is 23.7 Å². The molecule has 0 radical (unpaired) electrons. The van der Waals surface area contributed by atoms with E-state index in [0.717, 1.165) is 29.9 Å². The van der Waals surface area contributed by atoms with Crippen LogP contribution in [0.3, 0.4) is 0 Å². The first-order chi connectivity index (χ1) is 9.76. The summed E-state index contributed by atoms with van der Waals surface area (Å²) in [5.74, 6) is 0.940. The van der Waals surface area contributed by atoms with Crippen molar-refractivity contribution in [2.24, 2.45) is 0 Å². The standard InChI is InChI=1S/C15H23N3O2/c1-3-18-14-7-5-4-6-13(14)17-15(18)10-12(19)11-16-8-9-20-2/h4-7,12,16,19H,3,8-11H2,1-2H3. The molecular formula is C15H23N3O2. The van der Waals surface area contributed by atoms with Crippen LogP contribution < -0.4 is 5.32 Å². The average Bonchev–Trinajstić information content (AvgIpc) is 2.80. The number of methoxy groups -OCH3 is 1. The second-order valence-corrected chi connectivity index (χ2v) is 4.82. The van der Waals surface area contributed by atoms with Crippen molar-refractivity contribution in [3.05, 3.63) is 30.1 Å². The number of imidazole rings is 1. The summed E-state index contributed by atoms with van der Waals surface area (Å²) in [4.78, 5) is 4.62. The van der Waals surface area contributed by atoms with E-state index < -0.39 is 6.10 Å². The van der Waals surface area contributed by atoms with Gasteiger partial charge in [-0.2, -0.15) is 0 Å². The third kappa shape index (κ3) is 3.56. The van der Waals surface area contributed by atoms with Gasteiger partial charge in [0, 0.05) is 33.2 Å². The van der Waals surface area contributed by atoms with Gasteiger partial charge >= 0.3 is 0 Å². The molecule has 110 valence electrons. The number of aryl methyl sites for hydroxylation is 1. The fourth-order valence-corrected chi connectivity index (χ4v) is 2.36. The SMILES string of the molecule is CCn1c(CC(O)CNCCOC)nc2ccccc21. The Kier molecular flexibility index (Phi) is 5.52. The molecule has 5 nitrogen and oxygen atoms in total. The van der Waals surface area contributed by atoms with E-state index in [1.54, 1.807) is 7.11 Å². The van der Waals surface area contributed by atoms with E-state index in [2.05, 4.69) is 27.9 Å². The Morgan fingerprint density at radius 1 is 1.40 bits per heavy atom.